The van der Waals surface area contributed by atoms with Crippen molar-refractivity contribution in [1.29, 1.82) is 0 Å². The van der Waals surface area contributed by atoms with Crippen LogP contribution in [0.3, 0.4) is 0 Å². The van der Waals surface area contributed by atoms with Gasteiger partial charge >= 0.3 is 6.03 Å². The Morgan fingerprint density at radius 1 is 1.06 bits per heavy atom. The van der Waals surface area contributed by atoms with Crippen molar-refractivity contribution in [2.75, 3.05) is 19.6 Å². The Hall–Kier alpha value is -2.47. The smallest absolute Gasteiger partial charge is 0.318 e. The van der Waals surface area contributed by atoms with Gasteiger partial charge in [-0.2, -0.15) is 0 Å². The minimum absolute atomic E-state index is 0.0160. The summed E-state index contributed by atoms with van der Waals surface area (Å²) in [5, 5.41) is 3.25. The van der Waals surface area contributed by atoms with Gasteiger partial charge in [0.2, 0.25) is 0 Å². The first-order chi connectivity index (χ1) is 15.0. The molecule has 2 amide bonds. The molecule has 1 saturated carbocycles. The predicted octanol–water partition coefficient (Wildman–Crippen LogP) is 5.11. The lowest BCUT2D eigenvalue weighted by atomic mass is 10.0. The van der Waals surface area contributed by atoms with E-state index in [2.05, 4.69) is 29.3 Å². The lowest BCUT2D eigenvalue weighted by Gasteiger charge is -2.35. The number of piperidine rings is 1. The zero-order valence-corrected chi connectivity index (χ0v) is 18.1. The van der Waals surface area contributed by atoms with Gasteiger partial charge in [0.15, 0.2) is 11.6 Å². The normalized spacial score (nSPS) is 18.5. The summed E-state index contributed by atoms with van der Waals surface area (Å²) in [5.74, 6) is -0.997. The van der Waals surface area contributed by atoms with Crippen LogP contribution in [0.2, 0.25) is 0 Å². The average molecular weight is 428 g/mol. The second-order valence-corrected chi connectivity index (χ2v) is 8.93. The van der Waals surface area contributed by atoms with Gasteiger partial charge in [0.05, 0.1) is 6.04 Å². The molecule has 2 fully saturated rings. The van der Waals surface area contributed by atoms with Crippen LogP contribution in [0.1, 0.15) is 49.8 Å². The van der Waals surface area contributed by atoms with Crippen LogP contribution in [-0.2, 0) is 6.54 Å². The van der Waals surface area contributed by atoms with Crippen molar-refractivity contribution in [3.63, 3.8) is 0 Å². The number of nitrogens with one attached hydrogen (secondary N) is 1. The van der Waals surface area contributed by atoms with Crippen LogP contribution in [0.5, 0.6) is 0 Å². The highest BCUT2D eigenvalue weighted by Gasteiger charge is 2.31. The third kappa shape index (κ3) is 5.82. The molecule has 0 radical (unpaired) electrons. The fourth-order valence-electron chi connectivity index (χ4n) is 4.30. The molecule has 6 heteroatoms. The molecular formula is C25H31F2N3O. The standard InChI is InChI=1S/C25H31F2N3O/c1-18(21-5-3-2-4-6-21)30(17-19-7-8-19)25(31)28-22-11-13-29(14-12-22)16-20-9-10-23(26)24(27)15-20/h2-6,9-10,15,18-19,22H,7-8,11-14,16-17H2,1H3,(H,28,31). The van der Waals surface area contributed by atoms with Crippen LogP contribution in [0.25, 0.3) is 0 Å². The van der Waals surface area contributed by atoms with Gasteiger partial charge < -0.3 is 10.2 Å². The van der Waals surface area contributed by atoms with Crippen LogP contribution in [0.15, 0.2) is 48.5 Å². The van der Waals surface area contributed by atoms with Gasteiger partial charge in [-0.1, -0.05) is 36.4 Å². The molecule has 1 atom stereocenters. The number of amides is 2. The highest BCUT2D eigenvalue weighted by Crippen LogP contribution is 2.33. The summed E-state index contributed by atoms with van der Waals surface area (Å²) in [7, 11) is 0. The van der Waals surface area contributed by atoms with Crippen LogP contribution in [-0.4, -0.2) is 41.5 Å². The van der Waals surface area contributed by atoms with Crippen molar-refractivity contribution < 1.29 is 13.6 Å². The molecule has 31 heavy (non-hydrogen) atoms. The molecule has 4 rings (SSSR count). The minimum Gasteiger partial charge on any atom is -0.335 e. The Labute approximate surface area is 183 Å². The number of carbonyl (C=O) groups excluding carboxylic acids is 1. The second-order valence-electron chi connectivity index (χ2n) is 8.93. The van der Waals surface area contributed by atoms with E-state index in [1.807, 2.05) is 23.1 Å². The average Bonchev–Trinajstić information content (AvgIpc) is 3.60. The van der Waals surface area contributed by atoms with Crippen molar-refractivity contribution >= 4 is 6.03 Å². The van der Waals surface area contributed by atoms with E-state index in [9.17, 15) is 13.6 Å². The zero-order chi connectivity index (χ0) is 21.8. The summed E-state index contributed by atoms with van der Waals surface area (Å²) in [4.78, 5) is 17.4. The molecule has 1 aliphatic heterocycles. The first-order valence-corrected chi connectivity index (χ1v) is 11.3. The maximum Gasteiger partial charge on any atom is 0.318 e. The lowest BCUT2D eigenvalue weighted by molar-refractivity contribution is 0.155. The molecule has 1 N–H and O–H groups in total. The molecule has 0 aromatic heterocycles. The lowest BCUT2D eigenvalue weighted by Crippen LogP contribution is -2.50. The number of rotatable bonds is 7. The fraction of sp³-hybridized carbons (Fsp3) is 0.480. The number of hydrogen-bond donors (Lipinski definition) is 1. The number of benzene rings is 2. The predicted molar refractivity (Wildman–Crippen MR) is 117 cm³/mol. The zero-order valence-electron chi connectivity index (χ0n) is 18.1. The SMILES string of the molecule is CC(c1ccccc1)N(CC1CC1)C(=O)NC1CCN(Cc2ccc(F)c(F)c2)CC1. The van der Waals surface area contributed by atoms with Crippen molar-refractivity contribution in [3.05, 3.63) is 71.3 Å². The van der Waals surface area contributed by atoms with E-state index >= 15 is 0 Å². The first kappa shape index (κ1) is 21.8. The number of likely N-dealkylation sites (tertiary alicyclic amines) is 1. The highest BCUT2D eigenvalue weighted by molar-refractivity contribution is 5.75. The van der Waals surface area contributed by atoms with Crippen LogP contribution in [0.4, 0.5) is 13.6 Å². The molecule has 2 aliphatic rings. The van der Waals surface area contributed by atoms with Gasteiger partial charge in [0.1, 0.15) is 0 Å². The molecule has 1 unspecified atom stereocenters. The van der Waals surface area contributed by atoms with Gasteiger partial charge in [0.25, 0.3) is 0 Å². The molecular weight excluding hydrogens is 396 g/mol. The summed E-state index contributed by atoms with van der Waals surface area (Å²) in [6, 6.07) is 14.5. The van der Waals surface area contributed by atoms with Gasteiger partial charge in [-0.25, -0.2) is 13.6 Å². The Balaban J connectivity index is 1.30. The van der Waals surface area contributed by atoms with E-state index in [4.69, 9.17) is 0 Å². The summed E-state index contributed by atoms with van der Waals surface area (Å²) in [6.07, 6.45) is 4.11. The molecule has 1 aliphatic carbocycles. The van der Waals surface area contributed by atoms with Crippen molar-refractivity contribution in [2.24, 2.45) is 5.92 Å². The van der Waals surface area contributed by atoms with E-state index < -0.39 is 11.6 Å². The van der Waals surface area contributed by atoms with Crippen LogP contribution < -0.4 is 5.32 Å². The van der Waals surface area contributed by atoms with Crippen LogP contribution in [0, 0.1) is 17.6 Å². The summed E-state index contributed by atoms with van der Waals surface area (Å²) in [5.41, 5.74) is 1.92. The van der Waals surface area contributed by atoms with E-state index in [0.29, 0.717) is 12.5 Å². The summed E-state index contributed by atoms with van der Waals surface area (Å²) < 4.78 is 26.6. The van der Waals surface area contributed by atoms with Crippen LogP contribution >= 0.6 is 0 Å². The Morgan fingerprint density at radius 2 is 1.77 bits per heavy atom. The molecule has 4 nitrogen and oxygen atoms in total. The van der Waals surface area contributed by atoms with Gasteiger partial charge in [-0.3, -0.25) is 4.90 Å². The molecule has 1 heterocycles. The van der Waals surface area contributed by atoms with E-state index in [0.717, 1.165) is 43.6 Å². The summed E-state index contributed by atoms with van der Waals surface area (Å²) in [6.45, 7) is 5.14. The second kappa shape index (κ2) is 9.77. The maximum atomic E-state index is 13.5. The number of hydrogen-bond acceptors (Lipinski definition) is 2. The van der Waals surface area contributed by atoms with E-state index in [1.165, 1.54) is 25.0 Å². The van der Waals surface area contributed by atoms with Gasteiger partial charge in [0, 0.05) is 32.2 Å². The number of urea groups is 1. The Bertz CT molecular complexity index is 880. The largest absolute Gasteiger partial charge is 0.335 e. The van der Waals surface area contributed by atoms with Gasteiger partial charge in [-0.15, -0.1) is 0 Å². The number of nitrogens with zero attached hydrogens (tertiary/aromatic N) is 2. The van der Waals surface area contributed by atoms with Crippen molar-refractivity contribution in [1.82, 2.24) is 15.1 Å². The minimum atomic E-state index is -0.814. The van der Waals surface area contributed by atoms with Crippen molar-refractivity contribution in [2.45, 2.75) is 51.2 Å². The number of carbonyl (C=O) groups is 1. The number of halogens is 2. The fourth-order valence-corrected chi connectivity index (χ4v) is 4.30. The first-order valence-electron chi connectivity index (χ1n) is 11.3. The van der Waals surface area contributed by atoms with E-state index in [1.54, 1.807) is 6.07 Å². The molecule has 2 aromatic rings. The maximum absolute atomic E-state index is 13.5. The summed E-state index contributed by atoms with van der Waals surface area (Å²) >= 11 is 0. The molecule has 2 aromatic carbocycles. The molecule has 1 saturated heterocycles. The molecule has 0 spiro atoms. The monoisotopic (exact) mass is 427 g/mol. The molecule has 0 bridgehead atoms. The quantitative estimate of drug-likeness (QED) is 0.666. The Morgan fingerprint density at radius 3 is 2.42 bits per heavy atom. The van der Waals surface area contributed by atoms with Gasteiger partial charge in [-0.05, 0) is 61.8 Å². The molecule has 166 valence electrons. The third-order valence-corrected chi connectivity index (χ3v) is 6.47. The highest BCUT2D eigenvalue weighted by atomic mass is 19.2. The van der Waals surface area contributed by atoms with E-state index in [-0.39, 0.29) is 18.1 Å². The Kier molecular flexibility index (Phi) is 6.86. The topological polar surface area (TPSA) is 35.6 Å². The van der Waals surface area contributed by atoms with Crippen molar-refractivity contribution in [3.8, 4) is 0 Å². The third-order valence-electron chi connectivity index (χ3n) is 6.47.